The Morgan fingerprint density at radius 3 is 2.84 bits per heavy atom. The van der Waals surface area contributed by atoms with Gasteiger partial charge < -0.3 is 14.5 Å². The van der Waals surface area contributed by atoms with Crippen molar-refractivity contribution >= 4 is 23.2 Å². The molecule has 1 aromatic heterocycles. The van der Waals surface area contributed by atoms with E-state index >= 15 is 0 Å². The lowest BCUT2D eigenvalue weighted by atomic mass is 10.1. The van der Waals surface area contributed by atoms with Crippen LogP contribution in [0.5, 0.6) is 5.75 Å². The van der Waals surface area contributed by atoms with Gasteiger partial charge in [-0.2, -0.15) is 0 Å². The summed E-state index contributed by atoms with van der Waals surface area (Å²) >= 11 is 6.11. The summed E-state index contributed by atoms with van der Waals surface area (Å²) in [6.07, 6.45) is 3.54. The molecule has 0 N–H and O–H groups in total. The topological polar surface area (TPSA) is 58.6 Å². The van der Waals surface area contributed by atoms with Crippen LogP contribution in [-0.2, 0) is 4.79 Å². The maximum Gasteiger partial charge on any atom is 0.261 e. The number of rotatable bonds is 6. The number of halogens is 1. The summed E-state index contributed by atoms with van der Waals surface area (Å²) in [7, 11) is 3.94. The Balaban J connectivity index is 1.47. The molecule has 0 spiro atoms. The Labute approximate surface area is 187 Å². The van der Waals surface area contributed by atoms with Gasteiger partial charge in [-0.15, -0.1) is 0 Å². The number of anilines is 1. The van der Waals surface area contributed by atoms with Crippen LogP contribution in [0.3, 0.4) is 0 Å². The largest absolute Gasteiger partial charge is 0.484 e. The predicted octanol–water partition coefficient (Wildman–Crippen LogP) is 4.61. The first-order chi connectivity index (χ1) is 15.0. The average molecular weight is 437 g/mol. The van der Waals surface area contributed by atoms with Crippen LogP contribution >= 0.6 is 11.6 Å². The first kappa shape index (κ1) is 21.1. The van der Waals surface area contributed by atoms with Crippen molar-refractivity contribution < 1.29 is 9.53 Å². The van der Waals surface area contributed by atoms with Crippen molar-refractivity contribution in [2.75, 3.05) is 32.1 Å². The third kappa shape index (κ3) is 4.97. The molecule has 0 aliphatic carbocycles. The van der Waals surface area contributed by atoms with E-state index in [0.717, 1.165) is 29.8 Å². The number of carbonyl (C=O) groups is 1. The van der Waals surface area contributed by atoms with Crippen molar-refractivity contribution in [1.82, 2.24) is 14.9 Å². The maximum atomic E-state index is 13.0. The SMILES string of the molecule is CN(C)c1cccc(OCC(=O)N2CCCC2c2ccnc(-c3cccc(Cl)c3)n2)c1. The van der Waals surface area contributed by atoms with E-state index < -0.39 is 0 Å². The number of ether oxygens (including phenoxy) is 1. The molecule has 6 nitrogen and oxygen atoms in total. The monoisotopic (exact) mass is 436 g/mol. The Bertz CT molecular complexity index is 1070. The number of likely N-dealkylation sites (tertiary alicyclic amines) is 1. The molecular weight excluding hydrogens is 412 g/mol. The van der Waals surface area contributed by atoms with Gasteiger partial charge in [0.15, 0.2) is 12.4 Å². The van der Waals surface area contributed by atoms with Gasteiger partial charge in [-0.05, 0) is 43.2 Å². The van der Waals surface area contributed by atoms with Gasteiger partial charge in [-0.3, -0.25) is 4.79 Å². The van der Waals surface area contributed by atoms with Crippen molar-refractivity contribution in [3.05, 3.63) is 71.5 Å². The molecule has 0 bridgehead atoms. The van der Waals surface area contributed by atoms with Crippen LogP contribution in [0.4, 0.5) is 5.69 Å². The van der Waals surface area contributed by atoms with Crippen LogP contribution in [0.25, 0.3) is 11.4 Å². The van der Waals surface area contributed by atoms with E-state index in [0.29, 0.717) is 23.1 Å². The van der Waals surface area contributed by atoms with E-state index in [-0.39, 0.29) is 18.6 Å². The highest BCUT2D eigenvalue weighted by Gasteiger charge is 2.31. The molecule has 1 fully saturated rings. The first-order valence-electron chi connectivity index (χ1n) is 10.3. The second-order valence-electron chi connectivity index (χ2n) is 7.74. The molecule has 1 saturated heterocycles. The normalized spacial score (nSPS) is 15.7. The summed E-state index contributed by atoms with van der Waals surface area (Å²) in [6.45, 7) is 0.695. The molecule has 160 valence electrons. The van der Waals surface area contributed by atoms with Gasteiger partial charge in [0.2, 0.25) is 0 Å². The van der Waals surface area contributed by atoms with Gasteiger partial charge in [0, 0.05) is 49.2 Å². The minimum absolute atomic E-state index is 0.000381. The van der Waals surface area contributed by atoms with Crippen molar-refractivity contribution in [3.8, 4) is 17.1 Å². The van der Waals surface area contributed by atoms with Crippen LogP contribution in [0.2, 0.25) is 5.02 Å². The van der Waals surface area contributed by atoms with E-state index in [1.165, 1.54) is 0 Å². The molecule has 1 unspecified atom stereocenters. The zero-order chi connectivity index (χ0) is 21.8. The number of aromatic nitrogens is 2. The summed E-state index contributed by atoms with van der Waals surface area (Å²) in [5.41, 5.74) is 2.72. The summed E-state index contributed by atoms with van der Waals surface area (Å²) in [5.74, 6) is 1.25. The van der Waals surface area contributed by atoms with Gasteiger partial charge in [0.25, 0.3) is 5.91 Å². The zero-order valence-electron chi connectivity index (χ0n) is 17.7. The fourth-order valence-electron chi connectivity index (χ4n) is 3.78. The van der Waals surface area contributed by atoms with E-state index in [9.17, 15) is 4.79 Å². The molecule has 1 amide bonds. The number of carbonyl (C=O) groups excluding carboxylic acids is 1. The van der Waals surface area contributed by atoms with Gasteiger partial charge in [-0.25, -0.2) is 9.97 Å². The van der Waals surface area contributed by atoms with Crippen molar-refractivity contribution in [3.63, 3.8) is 0 Å². The lowest BCUT2D eigenvalue weighted by Gasteiger charge is -2.24. The molecule has 7 heteroatoms. The number of nitrogens with zero attached hydrogens (tertiary/aromatic N) is 4. The number of benzene rings is 2. The van der Waals surface area contributed by atoms with Crippen LogP contribution in [0, 0.1) is 0 Å². The third-order valence-corrected chi connectivity index (χ3v) is 5.61. The van der Waals surface area contributed by atoms with Crippen molar-refractivity contribution in [2.45, 2.75) is 18.9 Å². The Morgan fingerprint density at radius 1 is 1.19 bits per heavy atom. The summed E-state index contributed by atoms with van der Waals surface area (Å²) in [5, 5.41) is 0.639. The Morgan fingerprint density at radius 2 is 2.03 bits per heavy atom. The number of hydrogen-bond acceptors (Lipinski definition) is 5. The summed E-state index contributed by atoms with van der Waals surface area (Å²) < 4.78 is 5.80. The average Bonchev–Trinajstić information content (AvgIpc) is 3.28. The predicted molar refractivity (Wildman–Crippen MR) is 122 cm³/mol. The molecule has 1 aliphatic heterocycles. The standard InChI is InChI=1S/C24H25ClN4O2/c1-28(2)19-8-4-9-20(15-19)31-16-23(30)29-13-5-10-22(29)21-11-12-26-24(27-21)17-6-3-7-18(25)14-17/h3-4,6-9,11-12,14-15,22H,5,10,13,16H2,1-2H3. The Hall–Kier alpha value is -3.12. The summed E-state index contributed by atoms with van der Waals surface area (Å²) in [6, 6.07) is 17.0. The molecule has 2 aromatic carbocycles. The smallest absolute Gasteiger partial charge is 0.261 e. The highest BCUT2D eigenvalue weighted by atomic mass is 35.5. The van der Waals surface area contributed by atoms with Crippen LogP contribution in [0.1, 0.15) is 24.6 Å². The fraction of sp³-hybridized carbons (Fsp3) is 0.292. The molecule has 1 aliphatic rings. The second kappa shape index (κ2) is 9.35. The lowest BCUT2D eigenvalue weighted by molar-refractivity contribution is -0.134. The molecule has 0 saturated carbocycles. The maximum absolute atomic E-state index is 13.0. The van der Waals surface area contributed by atoms with E-state index in [1.807, 2.05) is 78.5 Å². The van der Waals surface area contributed by atoms with E-state index in [1.54, 1.807) is 6.20 Å². The zero-order valence-corrected chi connectivity index (χ0v) is 18.4. The first-order valence-corrected chi connectivity index (χ1v) is 10.7. The van der Waals surface area contributed by atoms with Gasteiger partial charge in [0.1, 0.15) is 5.75 Å². The lowest BCUT2D eigenvalue weighted by Crippen LogP contribution is -2.34. The summed E-state index contributed by atoms with van der Waals surface area (Å²) in [4.78, 5) is 25.9. The van der Waals surface area contributed by atoms with Gasteiger partial charge in [-0.1, -0.05) is 29.8 Å². The molecule has 1 atom stereocenters. The van der Waals surface area contributed by atoms with Gasteiger partial charge in [0.05, 0.1) is 11.7 Å². The second-order valence-corrected chi connectivity index (χ2v) is 8.18. The molecule has 3 aromatic rings. The quantitative estimate of drug-likeness (QED) is 0.565. The van der Waals surface area contributed by atoms with E-state index in [4.69, 9.17) is 21.3 Å². The molecular formula is C24H25ClN4O2. The highest BCUT2D eigenvalue weighted by molar-refractivity contribution is 6.30. The van der Waals surface area contributed by atoms with Gasteiger partial charge >= 0.3 is 0 Å². The molecule has 4 rings (SSSR count). The number of hydrogen-bond donors (Lipinski definition) is 0. The van der Waals surface area contributed by atoms with E-state index in [2.05, 4.69) is 4.98 Å². The minimum Gasteiger partial charge on any atom is -0.484 e. The highest BCUT2D eigenvalue weighted by Crippen LogP contribution is 2.32. The van der Waals surface area contributed by atoms with Crippen LogP contribution in [0.15, 0.2) is 60.8 Å². The van der Waals surface area contributed by atoms with Crippen molar-refractivity contribution in [1.29, 1.82) is 0 Å². The van der Waals surface area contributed by atoms with Crippen LogP contribution < -0.4 is 9.64 Å². The fourth-order valence-corrected chi connectivity index (χ4v) is 3.97. The van der Waals surface area contributed by atoms with Crippen molar-refractivity contribution in [2.24, 2.45) is 0 Å². The van der Waals surface area contributed by atoms with Crippen LogP contribution in [-0.4, -0.2) is 48.0 Å². The Kier molecular flexibility index (Phi) is 6.37. The molecule has 2 heterocycles. The molecule has 0 radical (unpaired) electrons. The minimum atomic E-state index is -0.0786. The molecule has 31 heavy (non-hydrogen) atoms. The third-order valence-electron chi connectivity index (χ3n) is 5.37. The number of amides is 1.